The Bertz CT molecular complexity index is 400. The molecule has 1 aliphatic carbocycles. The van der Waals surface area contributed by atoms with E-state index in [0.717, 1.165) is 12.8 Å². The van der Waals surface area contributed by atoms with Crippen molar-refractivity contribution in [3.05, 3.63) is 0 Å². The van der Waals surface area contributed by atoms with Crippen LogP contribution in [-0.2, 0) is 14.4 Å². The fraction of sp³-hybridized carbons (Fsp3) is 0.769. The Kier molecular flexibility index (Phi) is 4.59. The summed E-state index contributed by atoms with van der Waals surface area (Å²) in [5.41, 5.74) is 0. The van der Waals surface area contributed by atoms with Crippen LogP contribution in [-0.4, -0.2) is 58.6 Å². The van der Waals surface area contributed by atoms with Crippen LogP contribution < -0.4 is 5.32 Å². The number of carbonyl (C=O) groups excluding carboxylic acids is 2. The van der Waals surface area contributed by atoms with Gasteiger partial charge >= 0.3 is 5.97 Å². The van der Waals surface area contributed by atoms with Gasteiger partial charge in [0, 0.05) is 24.9 Å². The fourth-order valence-electron chi connectivity index (χ4n) is 2.38. The Hall–Kier alpha value is -1.63. The van der Waals surface area contributed by atoms with E-state index < -0.39 is 12.1 Å². The topological polar surface area (TPSA) is 107 Å². The van der Waals surface area contributed by atoms with E-state index >= 15 is 0 Å². The molecule has 1 aliphatic heterocycles. The number of carbonyl (C=O) groups is 3. The predicted molar refractivity (Wildman–Crippen MR) is 68.7 cm³/mol. The molecule has 1 unspecified atom stereocenters. The van der Waals surface area contributed by atoms with Gasteiger partial charge in [-0.15, -0.1) is 0 Å². The summed E-state index contributed by atoms with van der Waals surface area (Å²) in [7, 11) is 0. The largest absolute Gasteiger partial charge is 0.479 e. The van der Waals surface area contributed by atoms with Gasteiger partial charge in [0.2, 0.25) is 11.8 Å². The lowest BCUT2D eigenvalue weighted by atomic mass is 9.95. The Balaban J connectivity index is 1.71. The van der Waals surface area contributed by atoms with Crippen molar-refractivity contribution in [2.45, 2.75) is 31.8 Å². The Labute approximate surface area is 116 Å². The van der Waals surface area contributed by atoms with Crippen molar-refractivity contribution in [3.63, 3.8) is 0 Å². The standard InChI is InChI=1S/C13H20N2O5/c16-10(13(19)20)7-14-11(17)8-3-5-15(6-4-8)12(18)9-1-2-9/h8-10,16H,1-7H2,(H,14,17)(H,19,20). The second kappa shape index (κ2) is 6.21. The normalized spacial score (nSPS) is 21.4. The van der Waals surface area contributed by atoms with Crippen molar-refractivity contribution in [1.29, 1.82) is 0 Å². The molecule has 112 valence electrons. The van der Waals surface area contributed by atoms with E-state index in [1.807, 2.05) is 4.90 Å². The molecule has 2 aliphatic rings. The third-order valence-electron chi connectivity index (χ3n) is 3.86. The third-order valence-corrected chi connectivity index (χ3v) is 3.86. The Morgan fingerprint density at radius 2 is 1.70 bits per heavy atom. The van der Waals surface area contributed by atoms with Crippen LogP contribution in [0.15, 0.2) is 0 Å². The minimum atomic E-state index is -1.57. The maximum absolute atomic E-state index is 11.9. The molecule has 0 aromatic rings. The quantitative estimate of drug-likeness (QED) is 0.612. The number of nitrogens with one attached hydrogen (secondary N) is 1. The number of amides is 2. The number of aliphatic hydroxyl groups excluding tert-OH is 1. The van der Waals surface area contributed by atoms with Gasteiger partial charge in [-0.3, -0.25) is 9.59 Å². The van der Waals surface area contributed by atoms with Gasteiger partial charge in [-0.1, -0.05) is 0 Å². The van der Waals surface area contributed by atoms with Crippen LogP contribution in [0.2, 0.25) is 0 Å². The zero-order valence-corrected chi connectivity index (χ0v) is 11.2. The first-order chi connectivity index (χ1) is 9.49. The number of nitrogens with zero attached hydrogens (tertiary/aromatic N) is 1. The van der Waals surface area contributed by atoms with Gasteiger partial charge in [0.15, 0.2) is 6.10 Å². The number of rotatable bonds is 5. The molecule has 7 nitrogen and oxygen atoms in total. The number of carboxylic acids is 1. The highest BCUT2D eigenvalue weighted by molar-refractivity contribution is 5.82. The van der Waals surface area contributed by atoms with Crippen molar-refractivity contribution < 1.29 is 24.6 Å². The molecule has 0 aromatic carbocycles. The Morgan fingerprint density at radius 3 is 2.20 bits per heavy atom. The van der Waals surface area contributed by atoms with Gasteiger partial charge < -0.3 is 20.4 Å². The van der Waals surface area contributed by atoms with Gasteiger partial charge in [-0.2, -0.15) is 0 Å². The molecule has 7 heteroatoms. The van der Waals surface area contributed by atoms with E-state index in [9.17, 15) is 14.4 Å². The maximum Gasteiger partial charge on any atom is 0.334 e. The van der Waals surface area contributed by atoms with Crippen LogP contribution in [0.5, 0.6) is 0 Å². The molecule has 2 rings (SSSR count). The smallest absolute Gasteiger partial charge is 0.334 e. The zero-order valence-electron chi connectivity index (χ0n) is 11.2. The lowest BCUT2D eigenvalue weighted by Gasteiger charge is -2.31. The van der Waals surface area contributed by atoms with Gasteiger partial charge in [0.25, 0.3) is 0 Å². The summed E-state index contributed by atoms with van der Waals surface area (Å²) in [5.74, 6) is -1.41. The number of hydrogen-bond acceptors (Lipinski definition) is 4. The van der Waals surface area contributed by atoms with Crippen LogP contribution in [0, 0.1) is 11.8 Å². The van der Waals surface area contributed by atoms with Gasteiger partial charge in [-0.25, -0.2) is 4.79 Å². The molecule has 0 bridgehead atoms. The molecule has 1 saturated heterocycles. The summed E-state index contributed by atoms with van der Waals surface area (Å²) in [6.07, 6.45) is 1.56. The van der Waals surface area contributed by atoms with Crippen LogP contribution in [0.25, 0.3) is 0 Å². The number of aliphatic hydroxyl groups is 1. The van der Waals surface area contributed by atoms with Crippen molar-refractivity contribution >= 4 is 17.8 Å². The minimum absolute atomic E-state index is 0.199. The molecule has 20 heavy (non-hydrogen) atoms. The second-order valence-electron chi connectivity index (χ2n) is 5.47. The second-order valence-corrected chi connectivity index (χ2v) is 5.47. The minimum Gasteiger partial charge on any atom is -0.479 e. The lowest BCUT2D eigenvalue weighted by molar-refractivity contribution is -0.146. The highest BCUT2D eigenvalue weighted by atomic mass is 16.4. The van der Waals surface area contributed by atoms with Crippen molar-refractivity contribution in [2.24, 2.45) is 11.8 Å². The molecular weight excluding hydrogens is 264 g/mol. The number of hydrogen-bond donors (Lipinski definition) is 3. The molecule has 3 N–H and O–H groups in total. The first-order valence-electron chi connectivity index (χ1n) is 6.96. The summed E-state index contributed by atoms with van der Waals surface area (Å²) in [4.78, 5) is 35.9. The van der Waals surface area contributed by atoms with E-state index in [0.29, 0.717) is 25.9 Å². The van der Waals surface area contributed by atoms with Gasteiger partial charge in [0.1, 0.15) is 0 Å². The maximum atomic E-state index is 11.9. The lowest BCUT2D eigenvalue weighted by Crippen LogP contribution is -2.45. The van der Waals surface area contributed by atoms with Crippen molar-refractivity contribution in [3.8, 4) is 0 Å². The summed E-state index contributed by atoms with van der Waals surface area (Å²) < 4.78 is 0. The fourth-order valence-corrected chi connectivity index (χ4v) is 2.38. The zero-order chi connectivity index (χ0) is 14.7. The van der Waals surface area contributed by atoms with Crippen LogP contribution in [0.1, 0.15) is 25.7 Å². The van der Waals surface area contributed by atoms with E-state index in [1.54, 1.807) is 0 Å². The molecule has 1 heterocycles. The van der Waals surface area contributed by atoms with Crippen LogP contribution in [0.3, 0.4) is 0 Å². The molecule has 0 aromatic heterocycles. The molecule has 2 amide bonds. The van der Waals surface area contributed by atoms with Crippen LogP contribution in [0.4, 0.5) is 0 Å². The van der Waals surface area contributed by atoms with Crippen molar-refractivity contribution in [2.75, 3.05) is 19.6 Å². The summed E-state index contributed by atoms with van der Waals surface area (Å²) in [5, 5.41) is 20.0. The third kappa shape index (κ3) is 3.69. The number of likely N-dealkylation sites (tertiary alicyclic amines) is 1. The molecule has 1 atom stereocenters. The first-order valence-corrected chi connectivity index (χ1v) is 6.96. The molecule has 0 radical (unpaired) electrons. The molecule has 0 spiro atoms. The SMILES string of the molecule is O=C(O)C(O)CNC(=O)C1CCN(C(=O)C2CC2)CC1. The van der Waals surface area contributed by atoms with E-state index in [2.05, 4.69) is 5.32 Å². The average Bonchev–Trinajstić information content (AvgIpc) is 3.28. The molecule has 1 saturated carbocycles. The monoisotopic (exact) mass is 284 g/mol. The van der Waals surface area contributed by atoms with Gasteiger partial charge in [-0.05, 0) is 25.7 Å². The number of aliphatic carboxylic acids is 1. The van der Waals surface area contributed by atoms with E-state index in [4.69, 9.17) is 10.2 Å². The summed E-state index contributed by atoms with van der Waals surface area (Å²) in [6.45, 7) is 0.874. The van der Waals surface area contributed by atoms with Gasteiger partial charge in [0.05, 0.1) is 6.54 Å². The summed E-state index contributed by atoms with van der Waals surface area (Å²) in [6, 6.07) is 0. The highest BCUT2D eigenvalue weighted by Crippen LogP contribution is 2.32. The van der Waals surface area contributed by atoms with E-state index in [-0.39, 0.29) is 30.2 Å². The average molecular weight is 284 g/mol. The highest BCUT2D eigenvalue weighted by Gasteiger charge is 2.36. The van der Waals surface area contributed by atoms with Crippen molar-refractivity contribution in [1.82, 2.24) is 10.2 Å². The Morgan fingerprint density at radius 1 is 1.10 bits per heavy atom. The number of carboxylic acid groups (broad SMARTS) is 1. The van der Waals surface area contributed by atoms with E-state index in [1.165, 1.54) is 0 Å². The predicted octanol–water partition coefficient (Wildman–Crippen LogP) is -0.803. The molecular formula is C13H20N2O5. The van der Waals surface area contributed by atoms with Crippen LogP contribution >= 0.6 is 0 Å². The summed E-state index contributed by atoms with van der Waals surface area (Å²) >= 11 is 0. The number of piperidine rings is 1. The first kappa shape index (κ1) is 14.8. The molecule has 2 fully saturated rings.